The molecule has 1 atom stereocenters. The third-order valence-electron chi connectivity index (χ3n) is 3.23. The number of carbonyl (C=O) groups is 4. The normalized spacial score (nSPS) is 18.3. The summed E-state index contributed by atoms with van der Waals surface area (Å²) in [4.78, 5) is 47.2. The fraction of sp³-hybridized carbons (Fsp3) is 0.692. The van der Waals surface area contributed by atoms with Gasteiger partial charge in [0, 0.05) is 0 Å². The molecule has 4 amide bonds. The molecule has 0 aliphatic carbocycles. The van der Waals surface area contributed by atoms with Gasteiger partial charge in [-0.05, 0) is 20.3 Å². The van der Waals surface area contributed by atoms with E-state index in [1.54, 1.807) is 0 Å². The van der Waals surface area contributed by atoms with Crippen molar-refractivity contribution >= 4 is 23.8 Å². The summed E-state index contributed by atoms with van der Waals surface area (Å²) in [6.07, 6.45) is 1.78. The predicted octanol–water partition coefficient (Wildman–Crippen LogP) is 0.0764. The van der Waals surface area contributed by atoms with Gasteiger partial charge in [-0.25, -0.2) is 9.59 Å². The Morgan fingerprint density at radius 3 is 2.43 bits per heavy atom. The lowest BCUT2D eigenvalue weighted by Crippen LogP contribution is -2.47. The van der Waals surface area contributed by atoms with Crippen molar-refractivity contribution in [3.8, 4) is 0 Å². The fourth-order valence-electron chi connectivity index (χ4n) is 2.01. The van der Waals surface area contributed by atoms with Crippen LogP contribution in [0.5, 0.6) is 0 Å². The lowest BCUT2D eigenvalue weighted by Gasteiger charge is -2.18. The Morgan fingerprint density at radius 2 is 2.00 bits per heavy atom. The van der Waals surface area contributed by atoms with E-state index in [0.29, 0.717) is 12.8 Å². The van der Waals surface area contributed by atoms with E-state index in [0.717, 1.165) is 11.3 Å². The van der Waals surface area contributed by atoms with Crippen LogP contribution in [-0.2, 0) is 14.4 Å². The third kappa shape index (κ3) is 4.17. The molecule has 0 aromatic heterocycles. The monoisotopic (exact) mass is 299 g/mol. The Labute approximate surface area is 122 Å². The molecule has 1 saturated heterocycles. The Bertz CT molecular complexity index is 461. The molecule has 3 N–H and O–H groups in total. The molecule has 0 aromatic carbocycles. The topological polar surface area (TPSA) is 116 Å². The van der Waals surface area contributed by atoms with Gasteiger partial charge in [0.05, 0.1) is 0 Å². The highest BCUT2D eigenvalue weighted by atomic mass is 16.4. The Morgan fingerprint density at radius 1 is 1.38 bits per heavy atom. The smallest absolute Gasteiger partial charge is 0.326 e. The van der Waals surface area contributed by atoms with Crippen molar-refractivity contribution in [1.82, 2.24) is 15.5 Å². The van der Waals surface area contributed by atoms with E-state index in [1.807, 2.05) is 6.92 Å². The third-order valence-corrected chi connectivity index (χ3v) is 3.23. The molecule has 0 bridgehead atoms. The van der Waals surface area contributed by atoms with Crippen LogP contribution in [0.15, 0.2) is 0 Å². The molecule has 8 heteroatoms. The molecule has 8 nitrogen and oxygen atoms in total. The Kier molecular flexibility index (Phi) is 5.28. The van der Waals surface area contributed by atoms with Gasteiger partial charge in [0.15, 0.2) is 0 Å². The number of carboxylic acid groups (broad SMARTS) is 1. The average Bonchev–Trinajstić information content (AvgIpc) is 2.56. The number of hydrogen-bond acceptors (Lipinski definition) is 4. The van der Waals surface area contributed by atoms with Crippen LogP contribution >= 0.6 is 0 Å². The van der Waals surface area contributed by atoms with Crippen molar-refractivity contribution in [2.24, 2.45) is 0 Å². The van der Waals surface area contributed by atoms with Crippen LogP contribution in [0.2, 0.25) is 0 Å². The van der Waals surface area contributed by atoms with Crippen molar-refractivity contribution in [2.75, 3.05) is 6.54 Å². The van der Waals surface area contributed by atoms with E-state index in [1.165, 1.54) is 13.8 Å². The maximum Gasteiger partial charge on any atom is 0.326 e. The molecule has 1 fully saturated rings. The summed E-state index contributed by atoms with van der Waals surface area (Å²) in [5.74, 6) is -2.31. The first-order chi connectivity index (χ1) is 9.69. The number of nitrogens with one attached hydrogen (secondary N) is 2. The van der Waals surface area contributed by atoms with Crippen LogP contribution < -0.4 is 10.6 Å². The van der Waals surface area contributed by atoms with Gasteiger partial charge in [-0.3, -0.25) is 14.5 Å². The summed E-state index contributed by atoms with van der Waals surface area (Å²) in [6, 6.07) is -1.66. The van der Waals surface area contributed by atoms with E-state index in [4.69, 9.17) is 5.11 Å². The number of unbranched alkanes of at least 4 members (excludes halogenated alkanes) is 1. The van der Waals surface area contributed by atoms with Gasteiger partial charge >= 0.3 is 12.0 Å². The highest BCUT2D eigenvalue weighted by Crippen LogP contribution is 2.16. The SMILES string of the molecule is CCCC[C@H](NC(=O)CN1C(=O)NC(C)(C)C1=O)C(=O)O. The van der Waals surface area contributed by atoms with Crippen LogP contribution in [0.25, 0.3) is 0 Å². The Hall–Kier alpha value is -2.12. The maximum atomic E-state index is 11.9. The number of aliphatic carboxylic acids is 1. The molecule has 21 heavy (non-hydrogen) atoms. The molecule has 1 aliphatic rings. The number of carbonyl (C=O) groups excluding carboxylic acids is 3. The maximum absolute atomic E-state index is 11.9. The first-order valence-electron chi connectivity index (χ1n) is 6.85. The average molecular weight is 299 g/mol. The number of nitrogens with zero attached hydrogens (tertiary/aromatic N) is 1. The Balaban J connectivity index is 2.62. The van der Waals surface area contributed by atoms with Gasteiger partial charge in [0.25, 0.3) is 5.91 Å². The molecule has 118 valence electrons. The first kappa shape index (κ1) is 16.9. The zero-order valence-electron chi connectivity index (χ0n) is 12.4. The number of hydrogen-bond donors (Lipinski definition) is 3. The van der Waals surface area contributed by atoms with Gasteiger partial charge in [-0.15, -0.1) is 0 Å². The van der Waals surface area contributed by atoms with Crippen molar-refractivity contribution in [3.05, 3.63) is 0 Å². The zero-order chi connectivity index (χ0) is 16.2. The number of rotatable bonds is 7. The largest absolute Gasteiger partial charge is 0.480 e. The fourth-order valence-corrected chi connectivity index (χ4v) is 2.01. The van der Waals surface area contributed by atoms with Gasteiger partial charge < -0.3 is 15.7 Å². The van der Waals surface area contributed by atoms with Gasteiger partial charge in [0.1, 0.15) is 18.1 Å². The van der Waals surface area contributed by atoms with Crippen molar-refractivity contribution < 1.29 is 24.3 Å². The van der Waals surface area contributed by atoms with Crippen molar-refractivity contribution in [2.45, 2.75) is 51.6 Å². The highest BCUT2D eigenvalue weighted by molar-refractivity contribution is 6.08. The second-order valence-electron chi connectivity index (χ2n) is 5.55. The summed E-state index contributed by atoms with van der Waals surface area (Å²) in [7, 11) is 0. The summed E-state index contributed by atoms with van der Waals surface area (Å²) in [5.41, 5.74) is -1.05. The van der Waals surface area contributed by atoms with Crippen molar-refractivity contribution in [1.29, 1.82) is 0 Å². The molecule has 0 radical (unpaired) electrons. The van der Waals surface area contributed by atoms with E-state index >= 15 is 0 Å². The minimum atomic E-state index is -1.13. The molecule has 0 saturated carbocycles. The lowest BCUT2D eigenvalue weighted by atomic mass is 10.1. The second kappa shape index (κ2) is 6.55. The van der Waals surface area contributed by atoms with Gasteiger partial charge in [-0.1, -0.05) is 19.8 Å². The highest BCUT2D eigenvalue weighted by Gasteiger charge is 2.45. The van der Waals surface area contributed by atoms with E-state index in [-0.39, 0.29) is 0 Å². The molecule has 1 heterocycles. The van der Waals surface area contributed by atoms with Crippen LogP contribution in [0.3, 0.4) is 0 Å². The quantitative estimate of drug-likeness (QED) is 0.576. The summed E-state index contributed by atoms with van der Waals surface area (Å²) in [5, 5.41) is 13.8. The van der Waals surface area contributed by atoms with E-state index in [2.05, 4.69) is 10.6 Å². The summed E-state index contributed by atoms with van der Waals surface area (Å²) >= 11 is 0. The van der Waals surface area contributed by atoms with Crippen LogP contribution in [0.4, 0.5) is 4.79 Å². The molecular weight excluding hydrogens is 278 g/mol. The molecule has 0 spiro atoms. The molecule has 1 rings (SSSR count). The van der Waals surface area contributed by atoms with E-state index in [9.17, 15) is 19.2 Å². The predicted molar refractivity (Wildman–Crippen MR) is 73.4 cm³/mol. The second-order valence-corrected chi connectivity index (χ2v) is 5.55. The number of urea groups is 1. The van der Waals surface area contributed by atoms with E-state index < -0.39 is 41.9 Å². The van der Waals surface area contributed by atoms with Gasteiger partial charge in [0.2, 0.25) is 5.91 Å². The minimum Gasteiger partial charge on any atom is -0.480 e. The summed E-state index contributed by atoms with van der Waals surface area (Å²) < 4.78 is 0. The zero-order valence-corrected chi connectivity index (χ0v) is 12.4. The van der Waals surface area contributed by atoms with Crippen LogP contribution in [0, 0.1) is 0 Å². The first-order valence-corrected chi connectivity index (χ1v) is 6.85. The van der Waals surface area contributed by atoms with Crippen molar-refractivity contribution in [3.63, 3.8) is 0 Å². The number of imide groups is 1. The van der Waals surface area contributed by atoms with Crippen LogP contribution in [0.1, 0.15) is 40.0 Å². The van der Waals surface area contributed by atoms with Gasteiger partial charge in [-0.2, -0.15) is 0 Å². The number of amides is 4. The number of carboxylic acids is 1. The van der Waals surface area contributed by atoms with Crippen LogP contribution in [-0.4, -0.2) is 51.9 Å². The lowest BCUT2D eigenvalue weighted by molar-refractivity contribution is -0.142. The standard InChI is InChI=1S/C13H21N3O5/c1-4-5-6-8(10(18)19)14-9(17)7-16-11(20)13(2,3)15-12(16)21/h8H,4-7H2,1-3H3,(H,14,17)(H,15,21)(H,18,19)/t8-/m0/s1. The minimum absolute atomic E-state index is 0.309. The molecule has 0 unspecified atom stereocenters. The summed E-state index contributed by atoms with van der Waals surface area (Å²) in [6.45, 7) is 4.50. The molecule has 0 aromatic rings. The molecular formula is C13H21N3O5. The molecule has 1 aliphatic heterocycles.